The van der Waals surface area contributed by atoms with Gasteiger partial charge in [0.1, 0.15) is 11.5 Å². The molecular weight excluding hydrogens is 336 g/mol. The number of benzene rings is 2. The molecule has 0 unspecified atom stereocenters. The van der Waals surface area contributed by atoms with E-state index in [9.17, 15) is 5.11 Å². The normalized spacial score (nSPS) is 13.4. The maximum atomic E-state index is 10.7. The summed E-state index contributed by atoms with van der Waals surface area (Å²) in [6, 6.07) is 17.9. The minimum Gasteiger partial charge on any atom is -0.506 e. The summed E-state index contributed by atoms with van der Waals surface area (Å²) in [7, 11) is 1.65. The molecule has 2 aromatic carbocycles. The summed E-state index contributed by atoms with van der Waals surface area (Å²) >= 11 is 1.57. The van der Waals surface area contributed by atoms with Gasteiger partial charge in [0.2, 0.25) is 0 Å². The highest BCUT2D eigenvalue weighted by Crippen LogP contribution is 2.44. The lowest BCUT2D eigenvalue weighted by atomic mass is 9.99. The number of ether oxygens (including phenoxy) is 1. The van der Waals surface area contributed by atoms with Crippen molar-refractivity contribution < 1.29 is 19.7 Å². The Morgan fingerprint density at radius 1 is 1.04 bits per heavy atom. The minimum absolute atomic E-state index is 0.277. The molecule has 0 aliphatic carbocycles. The Bertz CT molecular complexity index is 819. The number of carboxylic acids is 1. The molecule has 0 saturated carbocycles. The highest BCUT2D eigenvalue weighted by molar-refractivity contribution is 8.03. The van der Waals surface area contributed by atoms with Crippen LogP contribution in [0.5, 0.6) is 0 Å². The summed E-state index contributed by atoms with van der Waals surface area (Å²) in [5.74, 6) is 0.151. The van der Waals surface area contributed by atoms with Crippen molar-refractivity contribution in [3.05, 3.63) is 76.4 Å². The Hall–Kier alpha value is -2.66. The van der Waals surface area contributed by atoms with Gasteiger partial charge in [-0.15, -0.1) is 0 Å². The molecule has 0 bridgehead atoms. The number of carbonyl (C=O) groups is 1. The lowest BCUT2D eigenvalue weighted by Gasteiger charge is -2.14. The van der Waals surface area contributed by atoms with E-state index in [2.05, 4.69) is 0 Å². The Morgan fingerprint density at radius 2 is 1.60 bits per heavy atom. The van der Waals surface area contributed by atoms with Gasteiger partial charge in [0.05, 0.1) is 12.7 Å². The number of aliphatic hydroxyl groups is 1. The van der Waals surface area contributed by atoms with Crippen LogP contribution in [0.15, 0.2) is 70.2 Å². The van der Waals surface area contributed by atoms with Crippen molar-refractivity contribution in [1.29, 1.82) is 0 Å². The average Bonchev–Trinajstić information content (AvgIpc) is 2.70. The van der Waals surface area contributed by atoms with Gasteiger partial charge in [0.25, 0.3) is 5.97 Å². The van der Waals surface area contributed by atoms with Crippen LogP contribution in [0, 0.1) is 0 Å². The van der Waals surface area contributed by atoms with Crippen LogP contribution in [0.25, 0.3) is 11.3 Å². The number of rotatable bonds is 2. The van der Waals surface area contributed by atoms with Crippen LogP contribution in [0.3, 0.4) is 0 Å². The van der Waals surface area contributed by atoms with Gasteiger partial charge in [-0.1, -0.05) is 60.3 Å². The number of fused-ring (bicyclic) bond motifs is 1. The van der Waals surface area contributed by atoms with Crippen molar-refractivity contribution in [3.8, 4) is 0 Å². The average molecular weight is 356 g/mol. The number of hydrogen-bond acceptors (Lipinski definition) is 4. The predicted molar refractivity (Wildman–Crippen MR) is 101 cm³/mol. The number of aliphatic carboxylic acids is 1. The lowest BCUT2D eigenvalue weighted by Crippen LogP contribution is -1.97. The van der Waals surface area contributed by atoms with Gasteiger partial charge in [0, 0.05) is 22.3 Å². The third kappa shape index (κ3) is 4.45. The quantitative estimate of drug-likeness (QED) is 0.775. The number of allylic oxidation sites excluding steroid dienone is 2. The van der Waals surface area contributed by atoms with Crippen LogP contribution < -0.4 is 0 Å². The Labute approximate surface area is 151 Å². The second-order valence-electron chi connectivity index (χ2n) is 5.30. The zero-order chi connectivity index (χ0) is 18.4. The molecule has 2 N–H and O–H groups in total. The molecule has 130 valence electrons. The molecule has 1 aliphatic rings. The highest BCUT2D eigenvalue weighted by atomic mass is 32.2. The van der Waals surface area contributed by atoms with E-state index in [0.29, 0.717) is 5.76 Å². The number of hydrogen-bond donors (Lipinski definition) is 2. The number of thioether (sulfide) groups is 1. The van der Waals surface area contributed by atoms with Crippen molar-refractivity contribution in [2.75, 3.05) is 7.11 Å². The van der Waals surface area contributed by atoms with Crippen LogP contribution in [0.2, 0.25) is 0 Å². The molecule has 1 aliphatic heterocycles. The number of carboxylic acid groups (broad SMARTS) is 1. The van der Waals surface area contributed by atoms with Crippen LogP contribution >= 0.6 is 11.8 Å². The van der Waals surface area contributed by atoms with E-state index in [-0.39, 0.29) is 5.76 Å². The maximum Gasteiger partial charge on any atom is 0.300 e. The summed E-state index contributed by atoms with van der Waals surface area (Å²) in [6.07, 6.45) is 0. The molecule has 0 atom stereocenters. The van der Waals surface area contributed by atoms with Crippen molar-refractivity contribution in [2.45, 2.75) is 18.7 Å². The second-order valence-corrected chi connectivity index (χ2v) is 6.55. The first kappa shape index (κ1) is 18.7. The van der Waals surface area contributed by atoms with Gasteiger partial charge < -0.3 is 14.9 Å². The fraction of sp³-hybridized carbons (Fsp3) is 0.150. The third-order valence-corrected chi connectivity index (χ3v) is 4.53. The Morgan fingerprint density at radius 3 is 2.20 bits per heavy atom. The number of aliphatic hydroxyl groups excluding tert-OH is 1. The molecule has 0 aromatic heterocycles. The molecule has 0 radical (unpaired) electrons. The minimum atomic E-state index is -0.833. The first-order valence-corrected chi connectivity index (χ1v) is 8.48. The van der Waals surface area contributed by atoms with Crippen molar-refractivity contribution in [1.82, 2.24) is 0 Å². The highest BCUT2D eigenvalue weighted by Gasteiger charge is 2.24. The van der Waals surface area contributed by atoms with Gasteiger partial charge in [-0.3, -0.25) is 4.79 Å². The maximum absolute atomic E-state index is 10.7. The van der Waals surface area contributed by atoms with Gasteiger partial charge in [-0.2, -0.15) is 0 Å². The molecule has 5 heteroatoms. The topological polar surface area (TPSA) is 66.8 Å². The fourth-order valence-corrected chi connectivity index (χ4v) is 3.41. The van der Waals surface area contributed by atoms with Gasteiger partial charge in [0.15, 0.2) is 0 Å². The SMILES string of the molecule is CC(=O)O.COC1=C(c2ccccc2)C(O)=C(C)Sc2ccccc21. The Kier molecular flexibility index (Phi) is 6.31. The van der Waals surface area contributed by atoms with Crippen molar-refractivity contribution >= 4 is 29.1 Å². The largest absolute Gasteiger partial charge is 0.506 e. The van der Waals surface area contributed by atoms with Crippen LogP contribution in [0.4, 0.5) is 0 Å². The predicted octanol–water partition coefficient (Wildman–Crippen LogP) is 5.19. The fourth-order valence-electron chi connectivity index (χ4n) is 2.46. The zero-order valence-electron chi connectivity index (χ0n) is 14.3. The molecule has 2 aromatic rings. The standard InChI is InChI=1S/C18H16O2S.C2H4O2/c1-12-17(19)16(13-8-4-3-5-9-13)18(20-2)14-10-6-7-11-15(14)21-12;1-2(3)4/h3-11,19H,1-2H3;1H3,(H,3,4). The Balaban J connectivity index is 0.000000511. The smallest absolute Gasteiger partial charge is 0.300 e. The molecule has 25 heavy (non-hydrogen) atoms. The molecule has 0 spiro atoms. The first-order valence-electron chi connectivity index (χ1n) is 7.66. The zero-order valence-corrected chi connectivity index (χ0v) is 15.1. The van der Waals surface area contributed by atoms with E-state index in [1.165, 1.54) is 0 Å². The van der Waals surface area contributed by atoms with Crippen molar-refractivity contribution in [3.63, 3.8) is 0 Å². The first-order chi connectivity index (χ1) is 12.0. The van der Waals surface area contributed by atoms with E-state index in [4.69, 9.17) is 14.6 Å². The molecule has 0 amide bonds. The summed E-state index contributed by atoms with van der Waals surface area (Å²) in [4.78, 5) is 11.0. The van der Waals surface area contributed by atoms with Gasteiger partial charge in [-0.05, 0) is 18.6 Å². The van der Waals surface area contributed by atoms with Crippen molar-refractivity contribution in [2.24, 2.45) is 0 Å². The summed E-state index contributed by atoms with van der Waals surface area (Å²) < 4.78 is 5.66. The summed E-state index contributed by atoms with van der Waals surface area (Å²) in [5, 5.41) is 18.1. The monoisotopic (exact) mass is 356 g/mol. The van der Waals surface area contributed by atoms with Gasteiger partial charge in [-0.25, -0.2) is 0 Å². The van der Waals surface area contributed by atoms with Gasteiger partial charge >= 0.3 is 0 Å². The molecule has 0 fully saturated rings. The molecule has 4 nitrogen and oxygen atoms in total. The second kappa shape index (κ2) is 8.44. The van der Waals surface area contributed by atoms with E-state index in [1.54, 1.807) is 18.9 Å². The van der Waals surface area contributed by atoms with Crippen LogP contribution in [-0.2, 0) is 9.53 Å². The van der Waals surface area contributed by atoms with E-state index < -0.39 is 5.97 Å². The molecule has 0 saturated heterocycles. The molecule has 3 rings (SSSR count). The number of methoxy groups -OCH3 is 1. The van der Waals surface area contributed by atoms with E-state index >= 15 is 0 Å². The molecular formula is C20H20O4S. The van der Waals surface area contributed by atoms with Crippen LogP contribution in [0.1, 0.15) is 25.0 Å². The van der Waals surface area contributed by atoms with E-state index in [0.717, 1.165) is 33.4 Å². The molecule has 1 heterocycles. The lowest BCUT2D eigenvalue weighted by molar-refractivity contribution is -0.134. The van der Waals surface area contributed by atoms with Crippen LogP contribution in [-0.4, -0.2) is 23.3 Å². The van der Waals surface area contributed by atoms with E-state index in [1.807, 2.05) is 61.5 Å². The third-order valence-electron chi connectivity index (χ3n) is 3.46. The summed E-state index contributed by atoms with van der Waals surface area (Å²) in [5.41, 5.74) is 2.70. The summed E-state index contributed by atoms with van der Waals surface area (Å²) in [6.45, 7) is 3.01.